The van der Waals surface area contributed by atoms with Crippen molar-refractivity contribution in [3.05, 3.63) is 53.2 Å². The molecule has 3 rings (SSSR count). The van der Waals surface area contributed by atoms with Gasteiger partial charge in [-0.3, -0.25) is 0 Å². The summed E-state index contributed by atoms with van der Waals surface area (Å²) in [6.45, 7) is 8.08. The number of hydrogen-bond acceptors (Lipinski definition) is 5. The minimum atomic E-state index is 0.583. The van der Waals surface area contributed by atoms with Crippen molar-refractivity contribution < 1.29 is 0 Å². The molecule has 0 amide bonds. The van der Waals surface area contributed by atoms with Crippen LogP contribution in [0.15, 0.2) is 42.6 Å². The summed E-state index contributed by atoms with van der Waals surface area (Å²) >= 11 is 1.65. The van der Waals surface area contributed by atoms with Crippen molar-refractivity contribution in [2.45, 2.75) is 27.7 Å². The van der Waals surface area contributed by atoms with Gasteiger partial charge in [-0.2, -0.15) is 0 Å². The van der Waals surface area contributed by atoms with Crippen LogP contribution >= 0.6 is 11.3 Å². The van der Waals surface area contributed by atoms with Gasteiger partial charge in [-0.25, -0.2) is 15.0 Å². The van der Waals surface area contributed by atoms with Gasteiger partial charge in [0, 0.05) is 16.8 Å². The molecule has 0 saturated carbocycles. The number of nitrogens with one attached hydrogen (secondary N) is 1. The van der Waals surface area contributed by atoms with E-state index < -0.39 is 0 Å². The predicted octanol–water partition coefficient (Wildman–Crippen LogP) is 4.99. The van der Waals surface area contributed by atoms with E-state index in [4.69, 9.17) is 0 Å². The predicted molar refractivity (Wildman–Crippen MR) is 93.7 cm³/mol. The summed E-state index contributed by atoms with van der Waals surface area (Å²) in [4.78, 5) is 14.5. The zero-order chi connectivity index (χ0) is 15.9. The summed E-state index contributed by atoms with van der Waals surface area (Å²) in [5.74, 6) is 0.583. The van der Waals surface area contributed by atoms with Gasteiger partial charge < -0.3 is 5.32 Å². The number of aromatic nitrogens is 3. The van der Waals surface area contributed by atoms with Crippen LogP contribution in [0.25, 0.3) is 10.7 Å². The molecule has 1 N–H and O–H groups in total. The molecule has 0 radical (unpaired) electrons. The highest BCUT2D eigenvalue weighted by molar-refractivity contribution is 7.15. The lowest BCUT2D eigenvalue weighted by molar-refractivity contribution is 1.15. The third-order valence-electron chi connectivity index (χ3n) is 2.93. The van der Waals surface area contributed by atoms with E-state index in [2.05, 4.69) is 27.2 Å². The average Bonchev–Trinajstić information content (AvgIpc) is 2.90. The standard InChI is InChI=1S/C15H14N4S.C2H6/c1-10-11(2)20-14(17-10)13-8-9-16-15(19-13)18-12-6-4-3-5-7-12;1-2/h3-9H,1-2H3,(H,16,18,19);1-2H3. The number of para-hydroxylation sites is 1. The Morgan fingerprint density at radius 2 is 1.68 bits per heavy atom. The Balaban J connectivity index is 0.000000847. The van der Waals surface area contributed by atoms with Crippen molar-refractivity contribution in [1.82, 2.24) is 15.0 Å². The summed E-state index contributed by atoms with van der Waals surface area (Å²) < 4.78 is 0. The molecule has 0 bridgehead atoms. The van der Waals surface area contributed by atoms with E-state index in [9.17, 15) is 0 Å². The summed E-state index contributed by atoms with van der Waals surface area (Å²) in [5, 5.41) is 4.12. The molecule has 0 aliphatic rings. The minimum Gasteiger partial charge on any atom is -0.324 e. The molecule has 5 heteroatoms. The van der Waals surface area contributed by atoms with Crippen LogP contribution in [-0.2, 0) is 0 Å². The number of aryl methyl sites for hydroxylation is 2. The molecule has 0 atom stereocenters. The lowest BCUT2D eigenvalue weighted by Crippen LogP contribution is -1.97. The Morgan fingerprint density at radius 1 is 0.955 bits per heavy atom. The quantitative estimate of drug-likeness (QED) is 0.740. The smallest absolute Gasteiger partial charge is 0.227 e. The van der Waals surface area contributed by atoms with Gasteiger partial charge in [0.05, 0.1) is 5.69 Å². The molecule has 0 unspecified atom stereocenters. The van der Waals surface area contributed by atoms with Crippen LogP contribution in [-0.4, -0.2) is 15.0 Å². The fourth-order valence-corrected chi connectivity index (χ4v) is 2.66. The second kappa shape index (κ2) is 7.66. The molecule has 0 saturated heterocycles. The first-order chi connectivity index (χ1) is 10.7. The van der Waals surface area contributed by atoms with Crippen LogP contribution in [0.5, 0.6) is 0 Å². The molecule has 2 aromatic heterocycles. The molecule has 2 heterocycles. The normalized spacial score (nSPS) is 9.82. The van der Waals surface area contributed by atoms with E-state index in [0.29, 0.717) is 5.95 Å². The number of nitrogens with zero attached hydrogens (tertiary/aromatic N) is 3. The summed E-state index contributed by atoms with van der Waals surface area (Å²) in [6, 6.07) is 11.8. The SMILES string of the molecule is CC.Cc1nc(-c2ccnc(Nc3ccccc3)n2)sc1C. The van der Waals surface area contributed by atoms with E-state index in [-0.39, 0.29) is 0 Å². The molecule has 0 spiro atoms. The second-order valence-corrected chi connectivity index (χ2v) is 5.62. The zero-order valence-electron chi connectivity index (χ0n) is 13.3. The first-order valence-corrected chi connectivity index (χ1v) is 8.13. The topological polar surface area (TPSA) is 50.7 Å². The number of hydrogen-bond donors (Lipinski definition) is 1. The van der Waals surface area contributed by atoms with Crippen LogP contribution in [0.2, 0.25) is 0 Å². The van der Waals surface area contributed by atoms with E-state index in [1.54, 1.807) is 17.5 Å². The maximum absolute atomic E-state index is 4.53. The van der Waals surface area contributed by atoms with E-state index in [1.807, 2.05) is 57.2 Å². The molecular weight excluding hydrogens is 292 g/mol. The van der Waals surface area contributed by atoms with Crippen molar-refractivity contribution in [1.29, 1.82) is 0 Å². The monoisotopic (exact) mass is 312 g/mol. The number of anilines is 2. The number of thiazole rings is 1. The third kappa shape index (κ3) is 3.89. The van der Waals surface area contributed by atoms with Gasteiger partial charge in [0.2, 0.25) is 5.95 Å². The van der Waals surface area contributed by atoms with Gasteiger partial charge in [-0.15, -0.1) is 11.3 Å². The Labute approximate surface area is 135 Å². The second-order valence-electron chi connectivity index (χ2n) is 4.42. The van der Waals surface area contributed by atoms with Crippen molar-refractivity contribution in [3.63, 3.8) is 0 Å². The summed E-state index contributed by atoms with van der Waals surface area (Å²) in [6.07, 6.45) is 1.75. The molecule has 114 valence electrons. The van der Waals surface area contributed by atoms with Gasteiger partial charge in [-0.1, -0.05) is 32.0 Å². The minimum absolute atomic E-state index is 0.583. The summed E-state index contributed by atoms with van der Waals surface area (Å²) in [5.41, 5.74) is 2.87. The fourth-order valence-electron chi connectivity index (χ4n) is 1.77. The van der Waals surface area contributed by atoms with Gasteiger partial charge in [0.25, 0.3) is 0 Å². The highest BCUT2D eigenvalue weighted by Gasteiger charge is 2.08. The van der Waals surface area contributed by atoms with Crippen molar-refractivity contribution in [3.8, 4) is 10.7 Å². The van der Waals surface area contributed by atoms with E-state index >= 15 is 0 Å². The fraction of sp³-hybridized carbons (Fsp3) is 0.235. The van der Waals surface area contributed by atoms with Crippen LogP contribution in [0.1, 0.15) is 24.4 Å². The molecule has 0 aliphatic heterocycles. The highest BCUT2D eigenvalue weighted by atomic mass is 32.1. The van der Waals surface area contributed by atoms with Gasteiger partial charge in [0.15, 0.2) is 0 Å². The zero-order valence-corrected chi connectivity index (χ0v) is 14.1. The maximum atomic E-state index is 4.53. The molecular formula is C17H20N4S. The Kier molecular flexibility index (Phi) is 5.61. The largest absolute Gasteiger partial charge is 0.324 e. The average molecular weight is 312 g/mol. The van der Waals surface area contributed by atoms with Crippen molar-refractivity contribution in [2.24, 2.45) is 0 Å². The number of benzene rings is 1. The Bertz CT molecular complexity index is 703. The molecule has 3 aromatic rings. The van der Waals surface area contributed by atoms with E-state index in [1.165, 1.54) is 4.88 Å². The summed E-state index contributed by atoms with van der Waals surface area (Å²) in [7, 11) is 0. The van der Waals surface area contributed by atoms with Crippen LogP contribution in [0, 0.1) is 13.8 Å². The van der Waals surface area contributed by atoms with E-state index in [0.717, 1.165) is 22.1 Å². The Morgan fingerprint density at radius 3 is 2.32 bits per heavy atom. The van der Waals surface area contributed by atoms with Crippen LogP contribution < -0.4 is 5.32 Å². The Hall–Kier alpha value is -2.27. The van der Waals surface area contributed by atoms with Gasteiger partial charge in [0.1, 0.15) is 10.7 Å². The molecule has 22 heavy (non-hydrogen) atoms. The highest BCUT2D eigenvalue weighted by Crippen LogP contribution is 2.26. The number of rotatable bonds is 3. The lowest BCUT2D eigenvalue weighted by atomic mass is 10.3. The maximum Gasteiger partial charge on any atom is 0.227 e. The van der Waals surface area contributed by atoms with Crippen molar-refractivity contribution >= 4 is 23.0 Å². The molecule has 1 aromatic carbocycles. The lowest BCUT2D eigenvalue weighted by Gasteiger charge is -2.04. The molecule has 0 aliphatic carbocycles. The van der Waals surface area contributed by atoms with Gasteiger partial charge >= 0.3 is 0 Å². The van der Waals surface area contributed by atoms with Crippen LogP contribution in [0.4, 0.5) is 11.6 Å². The van der Waals surface area contributed by atoms with Crippen molar-refractivity contribution in [2.75, 3.05) is 5.32 Å². The molecule has 4 nitrogen and oxygen atoms in total. The first-order valence-electron chi connectivity index (χ1n) is 7.32. The molecule has 0 fully saturated rings. The van der Waals surface area contributed by atoms with Gasteiger partial charge in [-0.05, 0) is 32.0 Å². The third-order valence-corrected chi connectivity index (χ3v) is 4.03. The van der Waals surface area contributed by atoms with Crippen LogP contribution in [0.3, 0.4) is 0 Å². The first kappa shape index (κ1) is 16.1.